The quantitative estimate of drug-likeness (QED) is 0.0771. The standard InChI is InChI=1S/C32H41NO2.C26H36O2/c1-7-31(34,8-2)18-15-27-11-12-28(21-24(27)5)32(9-3,10-4)29-13-14-30(25(6)22-29)35-23-26-16-19-33-20-17-26;1-7-25(28,8-2)16-15-21-11-12-22(17-19(21)5)26(9-3,10-4)23-13-14-24(27)20(6)18-23/h11-22,34H,7-10,23H2,1-6H3;11-18,27-28H,7-10H2,1-6H3/b18-15+;16-15+. The predicted octanol–water partition coefficient (Wildman–Crippen LogP) is 14.6. The third kappa shape index (κ3) is 12.0. The van der Waals surface area contributed by atoms with Crippen molar-refractivity contribution in [3.63, 3.8) is 0 Å². The molecular formula is C58H77NO4. The van der Waals surface area contributed by atoms with E-state index in [2.05, 4.69) is 132 Å². The van der Waals surface area contributed by atoms with Crippen molar-refractivity contribution in [2.75, 3.05) is 0 Å². The van der Waals surface area contributed by atoms with Gasteiger partial charge in [-0.3, -0.25) is 4.98 Å². The number of hydrogen-bond acceptors (Lipinski definition) is 5. The Morgan fingerprint density at radius 1 is 0.476 bits per heavy atom. The number of aryl methyl sites for hydroxylation is 4. The maximum atomic E-state index is 10.6. The molecule has 0 fully saturated rings. The van der Waals surface area contributed by atoms with Crippen molar-refractivity contribution in [1.82, 2.24) is 4.98 Å². The zero-order chi connectivity index (χ0) is 46.4. The van der Waals surface area contributed by atoms with Gasteiger partial charge in [0.2, 0.25) is 0 Å². The molecule has 0 aliphatic heterocycles. The fourth-order valence-electron chi connectivity index (χ4n) is 8.95. The van der Waals surface area contributed by atoms with Crippen LogP contribution in [-0.4, -0.2) is 31.5 Å². The van der Waals surface area contributed by atoms with E-state index in [-0.39, 0.29) is 10.8 Å². The van der Waals surface area contributed by atoms with Crippen molar-refractivity contribution >= 4 is 12.2 Å². The van der Waals surface area contributed by atoms with Gasteiger partial charge >= 0.3 is 0 Å². The molecule has 1 aromatic heterocycles. The normalized spacial score (nSPS) is 12.5. The van der Waals surface area contributed by atoms with Crippen LogP contribution in [0.25, 0.3) is 12.2 Å². The van der Waals surface area contributed by atoms with Crippen LogP contribution >= 0.6 is 0 Å². The molecule has 63 heavy (non-hydrogen) atoms. The highest BCUT2D eigenvalue weighted by atomic mass is 16.5. The molecule has 5 heteroatoms. The van der Waals surface area contributed by atoms with E-state index in [4.69, 9.17) is 4.74 Å². The number of phenols is 1. The van der Waals surface area contributed by atoms with E-state index < -0.39 is 11.2 Å². The van der Waals surface area contributed by atoms with Gasteiger partial charge in [0, 0.05) is 23.2 Å². The van der Waals surface area contributed by atoms with Crippen molar-refractivity contribution in [2.45, 2.75) is 163 Å². The lowest BCUT2D eigenvalue weighted by Crippen LogP contribution is -2.26. The van der Waals surface area contributed by atoms with Crippen LogP contribution in [0.15, 0.2) is 109 Å². The van der Waals surface area contributed by atoms with E-state index >= 15 is 0 Å². The van der Waals surface area contributed by atoms with Crippen LogP contribution in [0.5, 0.6) is 11.5 Å². The molecule has 0 spiro atoms. The summed E-state index contributed by atoms with van der Waals surface area (Å²) >= 11 is 0. The summed E-state index contributed by atoms with van der Waals surface area (Å²) in [6.45, 7) is 26.0. The second kappa shape index (κ2) is 22.6. The number of phenolic OH excluding ortho intramolecular Hbond substituents is 1. The van der Waals surface area contributed by atoms with Crippen molar-refractivity contribution in [3.05, 3.63) is 171 Å². The van der Waals surface area contributed by atoms with Crippen molar-refractivity contribution in [3.8, 4) is 11.5 Å². The van der Waals surface area contributed by atoms with Gasteiger partial charge in [-0.2, -0.15) is 0 Å². The number of benzene rings is 4. The molecule has 0 saturated carbocycles. The van der Waals surface area contributed by atoms with Gasteiger partial charge in [-0.05, 0) is 165 Å². The average Bonchev–Trinajstić information content (AvgIpc) is 3.30. The van der Waals surface area contributed by atoms with E-state index in [1.54, 1.807) is 12.4 Å². The van der Waals surface area contributed by atoms with Gasteiger partial charge in [-0.15, -0.1) is 0 Å². The van der Waals surface area contributed by atoms with Gasteiger partial charge in [0.05, 0.1) is 11.2 Å². The molecular weight excluding hydrogens is 775 g/mol. The van der Waals surface area contributed by atoms with E-state index in [0.29, 0.717) is 38.0 Å². The minimum absolute atomic E-state index is 0.0605. The molecule has 4 aromatic carbocycles. The molecule has 1 heterocycles. The van der Waals surface area contributed by atoms with Gasteiger partial charge in [0.1, 0.15) is 18.1 Å². The molecule has 0 aliphatic carbocycles. The number of ether oxygens (including phenoxy) is 1. The van der Waals surface area contributed by atoms with Crippen LogP contribution in [0.1, 0.15) is 168 Å². The number of pyridine rings is 1. The summed E-state index contributed by atoms with van der Waals surface area (Å²) in [4.78, 5) is 4.07. The van der Waals surface area contributed by atoms with E-state index in [9.17, 15) is 15.3 Å². The number of nitrogens with zero attached hydrogens (tertiary/aromatic N) is 1. The Bertz CT molecular complexity index is 2270. The van der Waals surface area contributed by atoms with Crippen LogP contribution in [0.4, 0.5) is 0 Å². The minimum Gasteiger partial charge on any atom is -0.508 e. The van der Waals surface area contributed by atoms with Crippen molar-refractivity contribution in [1.29, 1.82) is 0 Å². The Kier molecular flexibility index (Phi) is 18.2. The molecule has 5 rings (SSSR count). The van der Waals surface area contributed by atoms with Crippen LogP contribution in [-0.2, 0) is 17.4 Å². The third-order valence-electron chi connectivity index (χ3n) is 14.3. The summed E-state index contributed by atoms with van der Waals surface area (Å²) in [7, 11) is 0. The van der Waals surface area contributed by atoms with Crippen LogP contribution in [0.2, 0.25) is 0 Å². The average molecular weight is 852 g/mol. The zero-order valence-electron chi connectivity index (χ0n) is 40.6. The molecule has 5 aromatic rings. The lowest BCUT2D eigenvalue weighted by Gasteiger charge is -2.34. The van der Waals surface area contributed by atoms with Gasteiger partial charge < -0.3 is 20.1 Å². The first-order valence-electron chi connectivity index (χ1n) is 23.5. The summed E-state index contributed by atoms with van der Waals surface area (Å²) in [5.41, 5.74) is 11.5. The Labute approximate surface area is 381 Å². The number of aromatic hydroxyl groups is 1. The van der Waals surface area contributed by atoms with Crippen LogP contribution in [0, 0.1) is 27.7 Å². The molecule has 0 bridgehead atoms. The lowest BCUT2D eigenvalue weighted by molar-refractivity contribution is 0.0832. The highest BCUT2D eigenvalue weighted by Gasteiger charge is 2.33. The topological polar surface area (TPSA) is 82.8 Å². The first kappa shape index (κ1) is 50.7. The summed E-state index contributed by atoms with van der Waals surface area (Å²) in [5, 5.41) is 31.1. The molecule has 338 valence electrons. The summed E-state index contributed by atoms with van der Waals surface area (Å²) in [6.07, 6.45) is 18.5. The molecule has 0 amide bonds. The SMILES string of the molecule is CCC(O)(/C=C/c1ccc(C(CC)(CC)c2ccc(O)c(C)c2)cc1C)CC.CCC(O)(/C=C/c1ccc(C(CC)(CC)c2ccc(OCc3ccncc3)c(C)c2)cc1C)CC. The molecule has 0 aliphatic rings. The highest BCUT2D eigenvalue weighted by Crippen LogP contribution is 2.42. The Morgan fingerprint density at radius 2 is 0.857 bits per heavy atom. The zero-order valence-corrected chi connectivity index (χ0v) is 40.6. The van der Waals surface area contributed by atoms with E-state index in [1.165, 1.54) is 33.4 Å². The molecule has 0 unspecified atom stereocenters. The first-order valence-corrected chi connectivity index (χ1v) is 23.5. The van der Waals surface area contributed by atoms with Gasteiger partial charge in [0.25, 0.3) is 0 Å². The number of hydrogen-bond donors (Lipinski definition) is 3. The van der Waals surface area contributed by atoms with E-state index in [1.807, 2.05) is 65.0 Å². The Balaban J connectivity index is 0.000000284. The van der Waals surface area contributed by atoms with Gasteiger partial charge in [0.15, 0.2) is 0 Å². The molecule has 5 nitrogen and oxygen atoms in total. The molecule has 0 saturated heterocycles. The fourth-order valence-corrected chi connectivity index (χ4v) is 8.95. The minimum atomic E-state index is -0.736. The van der Waals surface area contributed by atoms with Crippen molar-refractivity contribution in [2.24, 2.45) is 0 Å². The smallest absolute Gasteiger partial charge is 0.122 e. The molecule has 0 atom stereocenters. The van der Waals surface area contributed by atoms with Gasteiger partial charge in [-0.25, -0.2) is 0 Å². The maximum Gasteiger partial charge on any atom is 0.122 e. The van der Waals surface area contributed by atoms with E-state index in [0.717, 1.165) is 59.3 Å². The van der Waals surface area contributed by atoms with Crippen LogP contribution in [0.3, 0.4) is 0 Å². The second-order valence-corrected chi connectivity index (χ2v) is 17.6. The summed E-state index contributed by atoms with van der Waals surface area (Å²) in [6, 6.07) is 30.1. The number of aliphatic hydroxyl groups is 2. The largest absolute Gasteiger partial charge is 0.508 e. The highest BCUT2D eigenvalue weighted by molar-refractivity contribution is 5.58. The maximum absolute atomic E-state index is 10.6. The summed E-state index contributed by atoms with van der Waals surface area (Å²) < 4.78 is 6.12. The van der Waals surface area contributed by atoms with Gasteiger partial charge in [-0.1, -0.05) is 140 Å². The fraction of sp³-hybridized carbons (Fsp3) is 0.431. The third-order valence-corrected chi connectivity index (χ3v) is 14.3. The first-order chi connectivity index (χ1) is 30.0. The number of aromatic nitrogens is 1. The summed E-state index contributed by atoms with van der Waals surface area (Å²) in [5.74, 6) is 1.27. The monoisotopic (exact) mass is 852 g/mol. The predicted molar refractivity (Wildman–Crippen MR) is 267 cm³/mol. The number of rotatable bonds is 19. The van der Waals surface area contributed by atoms with Crippen molar-refractivity contribution < 1.29 is 20.1 Å². The molecule has 3 N–H and O–H groups in total. The van der Waals surface area contributed by atoms with Crippen LogP contribution < -0.4 is 4.74 Å². The lowest BCUT2D eigenvalue weighted by atomic mass is 9.70. The second-order valence-electron chi connectivity index (χ2n) is 17.6. The Morgan fingerprint density at radius 3 is 1.22 bits per heavy atom. The molecule has 0 radical (unpaired) electrons. The Hall–Kier alpha value is -4.97.